The molecule has 5 heteroatoms. The summed E-state index contributed by atoms with van der Waals surface area (Å²) in [6.07, 6.45) is 2.39. The number of anilines is 1. The van der Waals surface area contributed by atoms with Crippen LogP contribution in [-0.2, 0) is 6.42 Å². The molecule has 0 saturated carbocycles. The third-order valence-corrected chi connectivity index (χ3v) is 2.83. The summed E-state index contributed by atoms with van der Waals surface area (Å²) in [4.78, 5) is 0. The first-order valence-corrected chi connectivity index (χ1v) is 6.50. The van der Waals surface area contributed by atoms with Crippen LogP contribution in [0.2, 0.25) is 0 Å². The Morgan fingerprint density at radius 3 is 2.85 bits per heavy atom. The number of nitrogens with zero attached hydrogens (tertiary/aromatic N) is 2. The second-order valence-corrected chi connectivity index (χ2v) is 5.03. The van der Waals surface area contributed by atoms with Gasteiger partial charge in [0.1, 0.15) is 11.6 Å². The second-order valence-electron chi connectivity index (χ2n) is 5.03. The number of rotatable bonds is 5. The highest BCUT2D eigenvalue weighted by Gasteiger charge is 2.06. The van der Waals surface area contributed by atoms with Crippen molar-refractivity contribution in [2.75, 3.05) is 5.73 Å². The van der Waals surface area contributed by atoms with E-state index in [9.17, 15) is 4.39 Å². The van der Waals surface area contributed by atoms with Crippen molar-refractivity contribution in [1.29, 1.82) is 0 Å². The minimum atomic E-state index is -0.396. The highest BCUT2D eigenvalue weighted by molar-refractivity contribution is 5.42. The molecule has 0 atom stereocenters. The average molecular weight is 274 g/mol. The number of aromatic nitrogens is 2. The number of nitrogen functional groups attached to an aromatic ring is 1. The maximum atomic E-state index is 13.4. The van der Waals surface area contributed by atoms with Crippen molar-refractivity contribution in [1.82, 2.24) is 15.1 Å². The molecule has 1 heterocycles. The Morgan fingerprint density at radius 1 is 1.45 bits per heavy atom. The van der Waals surface area contributed by atoms with Gasteiger partial charge in [-0.25, -0.2) is 9.07 Å². The Hall–Kier alpha value is -2.30. The Morgan fingerprint density at radius 2 is 2.20 bits per heavy atom. The van der Waals surface area contributed by atoms with Crippen LogP contribution in [0, 0.1) is 5.82 Å². The van der Waals surface area contributed by atoms with E-state index in [1.807, 2.05) is 26.1 Å². The van der Waals surface area contributed by atoms with E-state index in [1.165, 1.54) is 6.07 Å². The molecule has 0 amide bonds. The second kappa shape index (κ2) is 5.77. The number of nitrogens with two attached hydrogens (primary N) is 1. The van der Waals surface area contributed by atoms with Gasteiger partial charge in [0, 0.05) is 18.7 Å². The van der Waals surface area contributed by atoms with Crippen LogP contribution in [0.1, 0.15) is 25.1 Å². The number of hydrogen-bond donors (Lipinski definition) is 2. The minimum absolute atomic E-state index is 0.161. The van der Waals surface area contributed by atoms with E-state index in [-0.39, 0.29) is 5.69 Å². The summed E-state index contributed by atoms with van der Waals surface area (Å²) in [6, 6.07) is 7.00. The van der Waals surface area contributed by atoms with Crippen molar-refractivity contribution >= 4 is 11.5 Å². The van der Waals surface area contributed by atoms with Crippen molar-refractivity contribution in [3.63, 3.8) is 0 Å². The van der Waals surface area contributed by atoms with E-state index in [4.69, 9.17) is 5.73 Å². The lowest BCUT2D eigenvalue weighted by atomic mass is 10.1. The zero-order valence-corrected chi connectivity index (χ0v) is 11.7. The van der Waals surface area contributed by atoms with Crippen LogP contribution >= 0.6 is 0 Å². The molecule has 0 aliphatic rings. The quantitative estimate of drug-likeness (QED) is 0.824. The Labute approximate surface area is 118 Å². The predicted octanol–water partition coefficient (Wildman–Crippen LogP) is 2.62. The molecule has 0 saturated heterocycles. The molecular formula is C15H19FN4. The molecule has 1 aromatic heterocycles. The first-order valence-electron chi connectivity index (χ1n) is 6.50. The fraction of sp³-hybridized carbons (Fsp3) is 0.267. The van der Waals surface area contributed by atoms with E-state index in [0.717, 1.165) is 17.1 Å². The molecule has 106 valence electrons. The topological polar surface area (TPSA) is 55.9 Å². The van der Waals surface area contributed by atoms with Crippen LogP contribution in [0.15, 0.2) is 37.0 Å². The first-order chi connectivity index (χ1) is 9.45. The number of halogens is 1. The molecule has 2 rings (SSSR count). The molecule has 0 aliphatic carbocycles. The zero-order chi connectivity index (χ0) is 14.7. The van der Waals surface area contributed by atoms with Gasteiger partial charge in [0.15, 0.2) is 0 Å². The van der Waals surface area contributed by atoms with Crippen molar-refractivity contribution in [3.8, 4) is 0 Å². The molecule has 0 bridgehead atoms. The molecule has 2 aromatic rings. The van der Waals surface area contributed by atoms with Gasteiger partial charge in [-0.05, 0) is 37.6 Å². The highest BCUT2D eigenvalue weighted by Crippen LogP contribution is 2.15. The van der Waals surface area contributed by atoms with Crippen molar-refractivity contribution in [3.05, 3.63) is 54.1 Å². The van der Waals surface area contributed by atoms with Crippen LogP contribution in [0.25, 0.3) is 5.82 Å². The van der Waals surface area contributed by atoms with E-state index in [2.05, 4.69) is 17.0 Å². The molecule has 1 aromatic carbocycles. The van der Waals surface area contributed by atoms with Gasteiger partial charge >= 0.3 is 0 Å². The summed E-state index contributed by atoms with van der Waals surface area (Å²) in [5.74, 6) is 0.322. The Bertz CT molecular complexity index is 616. The summed E-state index contributed by atoms with van der Waals surface area (Å²) in [5, 5.41) is 7.59. The average Bonchev–Trinajstić information content (AvgIpc) is 2.82. The van der Waals surface area contributed by atoms with Crippen molar-refractivity contribution in [2.45, 2.75) is 26.3 Å². The fourth-order valence-electron chi connectivity index (χ4n) is 1.90. The maximum Gasteiger partial charge on any atom is 0.146 e. The largest absolute Gasteiger partial charge is 0.396 e. The standard InChI is InChI=1S/C15H19FN4/c1-10(2)18-11(3)20-7-6-13(19-20)8-12-4-5-15(17)14(16)9-12/h4-7,9-10,18H,3,8,17H2,1-2H3. The fourth-order valence-corrected chi connectivity index (χ4v) is 1.90. The van der Waals surface area contributed by atoms with Gasteiger partial charge in [-0.1, -0.05) is 12.6 Å². The predicted molar refractivity (Wildman–Crippen MR) is 79.4 cm³/mol. The lowest BCUT2D eigenvalue weighted by Crippen LogP contribution is -2.24. The smallest absolute Gasteiger partial charge is 0.146 e. The molecular weight excluding hydrogens is 255 g/mol. The van der Waals surface area contributed by atoms with E-state index < -0.39 is 5.82 Å². The summed E-state index contributed by atoms with van der Waals surface area (Å²) in [6.45, 7) is 7.99. The number of hydrogen-bond acceptors (Lipinski definition) is 3. The van der Waals surface area contributed by atoms with Crippen LogP contribution in [0.3, 0.4) is 0 Å². The van der Waals surface area contributed by atoms with Gasteiger partial charge in [-0.2, -0.15) is 5.10 Å². The Kier molecular flexibility index (Phi) is 4.08. The molecule has 20 heavy (non-hydrogen) atoms. The molecule has 0 radical (unpaired) electrons. The summed E-state index contributed by atoms with van der Waals surface area (Å²) in [5.41, 5.74) is 7.30. The van der Waals surface area contributed by atoms with E-state index in [0.29, 0.717) is 12.5 Å². The van der Waals surface area contributed by atoms with Gasteiger partial charge in [-0.15, -0.1) is 0 Å². The van der Waals surface area contributed by atoms with Crippen LogP contribution in [0.4, 0.5) is 10.1 Å². The minimum Gasteiger partial charge on any atom is -0.396 e. The van der Waals surface area contributed by atoms with Crippen molar-refractivity contribution in [2.24, 2.45) is 0 Å². The summed E-state index contributed by atoms with van der Waals surface area (Å²) < 4.78 is 15.1. The van der Waals surface area contributed by atoms with Gasteiger partial charge in [-0.3, -0.25) is 0 Å². The zero-order valence-electron chi connectivity index (χ0n) is 11.7. The number of nitrogens with one attached hydrogen (secondary N) is 1. The van der Waals surface area contributed by atoms with Gasteiger partial charge in [0.25, 0.3) is 0 Å². The van der Waals surface area contributed by atoms with Crippen LogP contribution in [-0.4, -0.2) is 15.8 Å². The van der Waals surface area contributed by atoms with Crippen LogP contribution < -0.4 is 11.1 Å². The number of benzene rings is 1. The van der Waals surface area contributed by atoms with Gasteiger partial charge in [0.2, 0.25) is 0 Å². The summed E-state index contributed by atoms with van der Waals surface area (Å²) >= 11 is 0. The monoisotopic (exact) mass is 274 g/mol. The maximum absolute atomic E-state index is 13.4. The SMILES string of the molecule is C=C(NC(C)C)n1ccc(Cc2ccc(N)c(F)c2)n1. The van der Waals surface area contributed by atoms with E-state index >= 15 is 0 Å². The molecule has 4 nitrogen and oxygen atoms in total. The first kappa shape index (κ1) is 14.1. The lowest BCUT2D eigenvalue weighted by Gasteiger charge is -2.12. The third kappa shape index (κ3) is 3.38. The van der Waals surface area contributed by atoms with Crippen molar-refractivity contribution < 1.29 is 4.39 Å². The highest BCUT2D eigenvalue weighted by atomic mass is 19.1. The van der Waals surface area contributed by atoms with E-state index in [1.54, 1.807) is 16.8 Å². The summed E-state index contributed by atoms with van der Waals surface area (Å²) in [7, 11) is 0. The third-order valence-electron chi connectivity index (χ3n) is 2.83. The molecule has 0 unspecified atom stereocenters. The molecule has 3 N–H and O–H groups in total. The normalized spacial score (nSPS) is 10.8. The molecule has 0 aliphatic heterocycles. The Balaban J connectivity index is 2.09. The molecule has 0 spiro atoms. The van der Waals surface area contributed by atoms with Gasteiger partial charge < -0.3 is 11.1 Å². The lowest BCUT2D eigenvalue weighted by molar-refractivity contribution is 0.630. The van der Waals surface area contributed by atoms with Gasteiger partial charge in [0.05, 0.1) is 11.4 Å². The molecule has 0 fully saturated rings. The van der Waals surface area contributed by atoms with Crippen LogP contribution in [0.5, 0.6) is 0 Å².